The molecule has 2 amide bonds. The molecule has 0 unspecified atom stereocenters. The van der Waals surface area contributed by atoms with Gasteiger partial charge in [0, 0.05) is 41.1 Å². The molecular formula is C24H24ClN3O3. The summed E-state index contributed by atoms with van der Waals surface area (Å²) in [7, 11) is 0. The molecule has 7 heteroatoms. The van der Waals surface area contributed by atoms with Crippen molar-refractivity contribution in [3.63, 3.8) is 0 Å². The number of nitrogens with zero attached hydrogens (tertiary/aromatic N) is 1. The summed E-state index contributed by atoms with van der Waals surface area (Å²) in [5.74, 6) is -1.46. The highest BCUT2D eigenvalue weighted by atomic mass is 35.5. The average Bonchev–Trinajstić information content (AvgIpc) is 3.21. The number of fused-ring (bicyclic) bond motifs is 1. The van der Waals surface area contributed by atoms with E-state index in [1.807, 2.05) is 67.7 Å². The number of urea groups is 1. The number of para-hydroxylation sites is 1. The van der Waals surface area contributed by atoms with E-state index in [4.69, 9.17) is 11.6 Å². The molecule has 4 rings (SSSR count). The molecule has 0 fully saturated rings. The number of aromatic amines is 1. The summed E-state index contributed by atoms with van der Waals surface area (Å²) in [6.07, 6.45) is 4.52. The molecular weight excluding hydrogens is 414 g/mol. The quantitative estimate of drug-likeness (QED) is 0.532. The Morgan fingerprint density at radius 3 is 2.58 bits per heavy atom. The normalized spacial score (nSPS) is 15.9. The molecule has 3 N–H and O–H groups in total. The first-order valence-electron chi connectivity index (χ1n) is 10.2. The van der Waals surface area contributed by atoms with Crippen LogP contribution in [0.1, 0.15) is 30.4 Å². The highest BCUT2D eigenvalue weighted by Crippen LogP contribution is 2.28. The van der Waals surface area contributed by atoms with Crippen molar-refractivity contribution < 1.29 is 14.7 Å². The van der Waals surface area contributed by atoms with E-state index in [9.17, 15) is 14.7 Å². The fraction of sp³-hybridized carbons (Fsp3) is 0.250. The molecule has 6 nitrogen and oxygen atoms in total. The van der Waals surface area contributed by atoms with Crippen LogP contribution in [-0.2, 0) is 4.79 Å². The lowest BCUT2D eigenvalue weighted by atomic mass is 9.93. The second-order valence-electron chi connectivity index (χ2n) is 7.78. The lowest BCUT2D eigenvalue weighted by Crippen LogP contribution is -2.50. The number of hydrogen-bond acceptors (Lipinski definition) is 2. The summed E-state index contributed by atoms with van der Waals surface area (Å²) < 4.78 is 0. The first kappa shape index (κ1) is 21.0. The number of carboxylic acid groups (broad SMARTS) is 1. The van der Waals surface area contributed by atoms with E-state index in [1.54, 1.807) is 4.90 Å². The van der Waals surface area contributed by atoms with Crippen molar-refractivity contribution in [2.75, 3.05) is 13.1 Å². The van der Waals surface area contributed by atoms with Crippen molar-refractivity contribution in [3.05, 3.63) is 77.0 Å². The van der Waals surface area contributed by atoms with Crippen molar-refractivity contribution in [1.29, 1.82) is 0 Å². The highest BCUT2D eigenvalue weighted by Gasteiger charge is 2.31. The molecule has 0 aliphatic carbocycles. The van der Waals surface area contributed by atoms with Crippen LogP contribution in [0.2, 0.25) is 5.02 Å². The van der Waals surface area contributed by atoms with Gasteiger partial charge in [0.15, 0.2) is 0 Å². The van der Waals surface area contributed by atoms with Crippen LogP contribution in [-0.4, -0.2) is 46.1 Å². The van der Waals surface area contributed by atoms with Crippen molar-refractivity contribution in [3.8, 4) is 0 Å². The molecule has 2 heterocycles. The maximum absolute atomic E-state index is 12.8. The number of carboxylic acids is 1. The molecule has 160 valence electrons. The van der Waals surface area contributed by atoms with Crippen LogP contribution in [0.5, 0.6) is 0 Å². The average molecular weight is 438 g/mol. The molecule has 2 aromatic carbocycles. The van der Waals surface area contributed by atoms with E-state index in [2.05, 4.69) is 10.3 Å². The largest absolute Gasteiger partial charge is 0.480 e. The molecule has 31 heavy (non-hydrogen) atoms. The number of rotatable bonds is 5. The van der Waals surface area contributed by atoms with Gasteiger partial charge in [-0.3, -0.25) is 0 Å². The molecule has 1 aliphatic heterocycles. The van der Waals surface area contributed by atoms with Gasteiger partial charge in [-0.2, -0.15) is 0 Å². The van der Waals surface area contributed by atoms with E-state index in [0.717, 1.165) is 27.6 Å². The number of nitrogens with one attached hydrogen (secondary N) is 2. The predicted octanol–water partition coefficient (Wildman–Crippen LogP) is 4.88. The Balaban J connectivity index is 1.46. The Kier molecular flexibility index (Phi) is 6.00. The van der Waals surface area contributed by atoms with E-state index < -0.39 is 17.9 Å². The third kappa shape index (κ3) is 4.44. The van der Waals surface area contributed by atoms with Gasteiger partial charge in [0.1, 0.15) is 6.04 Å². The monoisotopic (exact) mass is 437 g/mol. The molecule has 3 aromatic rings. The number of carbonyl (C=O) groups is 2. The number of hydrogen-bond donors (Lipinski definition) is 3. The van der Waals surface area contributed by atoms with E-state index in [1.165, 1.54) is 0 Å². The maximum Gasteiger partial charge on any atom is 0.326 e. The highest BCUT2D eigenvalue weighted by molar-refractivity contribution is 6.30. The topological polar surface area (TPSA) is 85.4 Å². The Bertz CT molecular complexity index is 1140. The summed E-state index contributed by atoms with van der Waals surface area (Å²) in [6.45, 7) is 2.77. The molecule has 2 atom stereocenters. The number of halogens is 1. The van der Waals surface area contributed by atoms with Crippen LogP contribution in [0.4, 0.5) is 4.79 Å². The summed E-state index contributed by atoms with van der Waals surface area (Å²) in [5.41, 5.74) is 4.05. The summed E-state index contributed by atoms with van der Waals surface area (Å²) in [6, 6.07) is 14.0. The van der Waals surface area contributed by atoms with Crippen LogP contribution >= 0.6 is 11.6 Å². The number of aliphatic carboxylic acids is 1. The smallest absolute Gasteiger partial charge is 0.326 e. The number of aromatic nitrogens is 1. The first-order valence-corrected chi connectivity index (χ1v) is 10.6. The standard InChI is InChI=1S/C24H24ClN3O3/c1-15(20-14-26-21-5-3-2-4-19(20)21)22(23(29)30)27-24(31)28-12-10-17(11-13-28)16-6-8-18(25)9-7-16/h2-10,14-15,22,26H,11-13H2,1H3,(H,27,31)(H,29,30)/t15-,22+/m0/s1. The maximum atomic E-state index is 12.8. The summed E-state index contributed by atoms with van der Waals surface area (Å²) in [5, 5.41) is 14.2. The second-order valence-corrected chi connectivity index (χ2v) is 8.21. The molecule has 0 spiro atoms. The van der Waals surface area contributed by atoms with Crippen molar-refractivity contribution >= 4 is 40.1 Å². The Labute approximate surface area is 185 Å². The van der Waals surface area contributed by atoms with Crippen LogP contribution in [0.25, 0.3) is 16.5 Å². The second kappa shape index (κ2) is 8.86. The van der Waals surface area contributed by atoms with Crippen molar-refractivity contribution in [1.82, 2.24) is 15.2 Å². The third-order valence-corrected chi connectivity index (χ3v) is 6.12. The predicted molar refractivity (Wildman–Crippen MR) is 122 cm³/mol. The van der Waals surface area contributed by atoms with Crippen LogP contribution in [0.15, 0.2) is 60.8 Å². The molecule has 0 bridgehead atoms. The SMILES string of the molecule is C[C@@H](c1c[nH]c2ccccc12)[C@@H](NC(=O)N1CC=C(c2ccc(Cl)cc2)CC1)C(=O)O. The minimum absolute atomic E-state index is 0.370. The summed E-state index contributed by atoms with van der Waals surface area (Å²) in [4.78, 5) is 29.6. The molecule has 0 saturated heterocycles. The molecule has 0 saturated carbocycles. The molecule has 0 radical (unpaired) electrons. The Morgan fingerprint density at radius 2 is 1.90 bits per heavy atom. The third-order valence-electron chi connectivity index (χ3n) is 5.87. The van der Waals surface area contributed by atoms with Crippen LogP contribution < -0.4 is 5.32 Å². The summed E-state index contributed by atoms with van der Waals surface area (Å²) >= 11 is 5.95. The number of H-pyrrole nitrogens is 1. The zero-order valence-corrected chi connectivity index (χ0v) is 17.9. The fourth-order valence-electron chi connectivity index (χ4n) is 4.05. The lowest BCUT2D eigenvalue weighted by Gasteiger charge is -2.29. The van der Waals surface area contributed by atoms with Gasteiger partial charge in [-0.1, -0.05) is 54.9 Å². The number of benzene rings is 2. The van der Waals surface area contributed by atoms with Gasteiger partial charge in [0.25, 0.3) is 0 Å². The van der Waals surface area contributed by atoms with Crippen molar-refractivity contribution in [2.45, 2.75) is 25.3 Å². The molecule has 1 aromatic heterocycles. The zero-order chi connectivity index (χ0) is 22.0. The number of amides is 2. The Morgan fingerprint density at radius 1 is 1.16 bits per heavy atom. The number of carbonyl (C=O) groups excluding carboxylic acids is 1. The lowest BCUT2D eigenvalue weighted by molar-refractivity contribution is -0.139. The first-order chi connectivity index (χ1) is 14.9. The van der Waals surface area contributed by atoms with Crippen LogP contribution in [0, 0.1) is 0 Å². The van der Waals surface area contributed by atoms with E-state index in [0.29, 0.717) is 24.5 Å². The van der Waals surface area contributed by atoms with Crippen molar-refractivity contribution in [2.24, 2.45) is 0 Å². The fourth-order valence-corrected chi connectivity index (χ4v) is 4.18. The minimum atomic E-state index is -1.06. The van der Waals surface area contributed by atoms with Gasteiger partial charge in [-0.25, -0.2) is 9.59 Å². The van der Waals surface area contributed by atoms with Crippen LogP contribution in [0.3, 0.4) is 0 Å². The van der Waals surface area contributed by atoms with Gasteiger partial charge in [-0.05, 0) is 41.3 Å². The Hall–Kier alpha value is -3.25. The van der Waals surface area contributed by atoms with Gasteiger partial charge in [0.05, 0.1) is 0 Å². The zero-order valence-electron chi connectivity index (χ0n) is 17.1. The van der Waals surface area contributed by atoms with Gasteiger partial charge in [0.2, 0.25) is 0 Å². The van der Waals surface area contributed by atoms with Gasteiger partial charge in [-0.15, -0.1) is 0 Å². The van der Waals surface area contributed by atoms with Gasteiger partial charge >= 0.3 is 12.0 Å². The molecule has 1 aliphatic rings. The van der Waals surface area contributed by atoms with E-state index >= 15 is 0 Å². The van der Waals surface area contributed by atoms with E-state index in [-0.39, 0.29) is 6.03 Å². The van der Waals surface area contributed by atoms with Gasteiger partial charge < -0.3 is 20.3 Å². The minimum Gasteiger partial charge on any atom is -0.480 e.